The highest BCUT2D eigenvalue weighted by atomic mass is 16.3. The lowest BCUT2D eigenvalue weighted by atomic mass is 10.1. The molecule has 5 heteroatoms. The van der Waals surface area contributed by atoms with Gasteiger partial charge in [0.15, 0.2) is 0 Å². The van der Waals surface area contributed by atoms with E-state index in [1.54, 1.807) is 49.6 Å². The normalized spacial score (nSPS) is 11.9. The first-order valence-corrected chi connectivity index (χ1v) is 6.00. The van der Waals surface area contributed by atoms with Gasteiger partial charge in [-0.3, -0.25) is 0 Å². The van der Waals surface area contributed by atoms with Gasteiger partial charge < -0.3 is 20.2 Å². The third kappa shape index (κ3) is 3.86. The second kappa shape index (κ2) is 6.06. The number of amides is 2. The number of rotatable bonds is 4. The van der Waals surface area contributed by atoms with Gasteiger partial charge in [0.05, 0.1) is 18.9 Å². The highest BCUT2D eigenvalue weighted by molar-refractivity contribution is 5.89. The van der Waals surface area contributed by atoms with Crippen LogP contribution in [0.2, 0.25) is 0 Å². The number of anilines is 1. The summed E-state index contributed by atoms with van der Waals surface area (Å²) in [6.07, 6.45) is 0.994. The van der Waals surface area contributed by atoms with E-state index < -0.39 is 6.10 Å². The van der Waals surface area contributed by atoms with E-state index in [0.717, 1.165) is 5.56 Å². The molecule has 19 heavy (non-hydrogen) atoms. The molecule has 5 nitrogen and oxygen atoms in total. The number of furan rings is 1. The van der Waals surface area contributed by atoms with Crippen molar-refractivity contribution in [1.82, 2.24) is 5.32 Å². The van der Waals surface area contributed by atoms with Crippen molar-refractivity contribution in [2.24, 2.45) is 0 Å². The molecule has 0 radical (unpaired) electrons. The second-order valence-corrected chi connectivity index (χ2v) is 4.19. The van der Waals surface area contributed by atoms with Crippen LogP contribution in [0.3, 0.4) is 0 Å². The summed E-state index contributed by atoms with van der Waals surface area (Å²) in [5.74, 6) is 0.688. The molecule has 0 saturated carbocycles. The van der Waals surface area contributed by atoms with Crippen LogP contribution in [0.15, 0.2) is 47.1 Å². The molecule has 0 aliphatic heterocycles. The van der Waals surface area contributed by atoms with E-state index in [9.17, 15) is 9.90 Å². The number of hydrogen-bond acceptors (Lipinski definition) is 3. The molecule has 0 spiro atoms. The molecule has 1 aromatic carbocycles. The van der Waals surface area contributed by atoms with Gasteiger partial charge in [-0.2, -0.15) is 0 Å². The average molecular weight is 260 g/mol. The summed E-state index contributed by atoms with van der Waals surface area (Å²) in [4.78, 5) is 11.7. The molecule has 0 saturated heterocycles. The Balaban J connectivity index is 1.89. The predicted molar refractivity (Wildman–Crippen MR) is 71.6 cm³/mol. The number of nitrogens with one attached hydrogen (secondary N) is 2. The van der Waals surface area contributed by atoms with Crippen molar-refractivity contribution in [2.45, 2.75) is 19.6 Å². The molecule has 1 unspecified atom stereocenters. The summed E-state index contributed by atoms with van der Waals surface area (Å²) < 4.78 is 5.11. The van der Waals surface area contributed by atoms with Crippen LogP contribution in [0, 0.1) is 0 Å². The fourth-order valence-corrected chi connectivity index (χ4v) is 1.63. The summed E-state index contributed by atoms with van der Waals surface area (Å²) >= 11 is 0. The Hall–Kier alpha value is -2.27. The fourth-order valence-electron chi connectivity index (χ4n) is 1.63. The summed E-state index contributed by atoms with van der Waals surface area (Å²) in [7, 11) is 0. The number of carbonyl (C=O) groups excluding carboxylic acids is 1. The Morgan fingerprint density at radius 1 is 1.37 bits per heavy atom. The number of benzene rings is 1. The summed E-state index contributed by atoms with van der Waals surface area (Å²) in [6, 6.07) is 10.3. The Kier molecular flexibility index (Phi) is 4.20. The Morgan fingerprint density at radius 3 is 2.89 bits per heavy atom. The summed E-state index contributed by atoms with van der Waals surface area (Å²) in [6.45, 7) is 2.00. The molecule has 2 amide bonds. The quantitative estimate of drug-likeness (QED) is 0.791. The van der Waals surface area contributed by atoms with Crippen molar-refractivity contribution in [3.05, 3.63) is 54.0 Å². The van der Waals surface area contributed by atoms with Crippen LogP contribution >= 0.6 is 0 Å². The van der Waals surface area contributed by atoms with Crippen LogP contribution in [0.25, 0.3) is 0 Å². The van der Waals surface area contributed by atoms with Crippen LogP contribution in [-0.2, 0) is 6.54 Å². The van der Waals surface area contributed by atoms with Crippen LogP contribution in [-0.4, -0.2) is 11.1 Å². The van der Waals surface area contributed by atoms with Crippen LogP contribution in [0.5, 0.6) is 0 Å². The van der Waals surface area contributed by atoms with Crippen molar-refractivity contribution in [1.29, 1.82) is 0 Å². The lowest BCUT2D eigenvalue weighted by molar-refractivity contribution is 0.199. The zero-order valence-electron chi connectivity index (χ0n) is 10.6. The summed E-state index contributed by atoms with van der Waals surface area (Å²) in [5.41, 5.74) is 1.39. The van der Waals surface area contributed by atoms with Crippen LogP contribution in [0.4, 0.5) is 10.5 Å². The van der Waals surface area contributed by atoms with Gasteiger partial charge in [0.1, 0.15) is 5.76 Å². The van der Waals surface area contributed by atoms with E-state index in [0.29, 0.717) is 18.0 Å². The van der Waals surface area contributed by atoms with Gasteiger partial charge in [-0.1, -0.05) is 12.1 Å². The van der Waals surface area contributed by atoms with E-state index in [4.69, 9.17) is 4.42 Å². The Morgan fingerprint density at radius 2 is 2.21 bits per heavy atom. The molecule has 2 rings (SSSR count). The largest absolute Gasteiger partial charge is 0.467 e. The smallest absolute Gasteiger partial charge is 0.319 e. The lowest BCUT2D eigenvalue weighted by Gasteiger charge is -2.09. The van der Waals surface area contributed by atoms with Crippen molar-refractivity contribution in [2.75, 3.05) is 5.32 Å². The molecule has 2 aromatic rings. The van der Waals surface area contributed by atoms with Crippen LogP contribution < -0.4 is 10.6 Å². The molecule has 1 atom stereocenters. The summed E-state index contributed by atoms with van der Waals surface area (Å²) in [5, 5.41) is 14.8. The van der Waals surface area contributed by atoms with Gasteiger partial charge in [0.25, 0.3) is 0 Å². The average Bonchev–Trinajstić information content (AvgIpc) is 2.90. The number of aliphatic hydroxyl groups is 1. The first-order chi connectivity index (χ1) is 9.15. The van der Waals surface area contributed by atoms with E-state index in [-0.39, 0.29) is 6.03 Å². The van der Waals surface area contributed by atoms with E-state index in [1.807, 2.05) is 0 Å². The van der Waals surface area contributed by atoms with Gasteiger partial charge in [0, 0.05) is 5.69 Å². The predicted octanol–water partition coefficient (Wildman–Crippen LogP) is 2.65. The zero-order valence-corrected chi connectivity index (χ0v) is 10.6. The van der Waals surface area contributed by atoms with Gasteiger partial charge in [0.2, 0.25) is 0 Å². The minimum atomic E-state index is -0.562. The molecule has 0 bridgehead atoms. The molecule has 1 heterocycles. The molecule has 1 aromatic heterocycles. The Labute approximate surface area is 111 Å². The van der Waals surface area contributed by atoms with Crippen LogP contribution in [0.1, 0.15) is 24.4 Å². The molecule has 100 valence electrons. The molecule has 0 aliphatic carbocycles. The molecular formula is C14H16N2O3. The number of hydrogen-bond donors (Lipinski definition) is 3. The maximum atomic E-state index is 11.7. The highest BCUT2D eigenvalue weighted by Gasteiger charge is 2.05. The van der Waals surface area contributed by atoms with Gasteiger partial charge in [-0.25, -0.2) is 4.79 Å². The highest BCUT2D eigenvalue weighted by Crippen LogP contribution is 2.16. The first kappa shape index (κ1) is 13.2. The minimum absolute atomic E-state index is 0.320. The zero-order chi connectivity index (χ0) is 13.7. The standard InChI is InChI=1S/C14H16N2O3/c1-10(17)11-4-2-5-12(8-11)16-14(18)15-9-13-6-3-7-19-13/h2-8,10,17H,9H2,1H3,(H2,15,16,18). The third-order valence-corrected chi connectivity index (χ3v) is 2.63. The van der Waals surface area contributed by atoms with Crippen molar-refractivity contribution in [3.8, 4) is 0 Å². The fraction of sp³-hybridized carbons (Fsp3) is 0.214. The lowest BCUT2D eigenvalue weighted by Crippen LogP contribution is -2.28. The van der Waals surface area contributed by atoms with E-state index in [2.05, 4.69) is 10.6 Å². The number of urea groups is 1. The first-order valence-electron chi connectivity index (χ1n) is 6.00. The molecule has 3 N–H and O–H groups in total. The molecule has 0 fully saturated rings. The monoisotopic (exact) mass is 260 g/mol. The second-order valence-electron chi connectivity index (χ2n) is 4.19. The minimum Gasteiger partial charge on any atom is -0.467 e. The van der Waals surface area contributed by atoms with Crippen molar-refractivity contribution < 1.29 is 14.3 Å². The SMILES string of the molecule is CC(O)c1cccc(NC(=O)NCc2ccco2)c1. The maximum Gasteiger partial charge on any atom is 0.319 e. The van der Waals surface area contributed by atoms with Gasteiger partial charge in [-0.15, -0.1) is 0 Å². The third-order valence-electron chi connectivity index (χ3n) is 2.63. The molecule has 0 aliphatic rings. The Bertz CT molecular complexity index is 535. The number of aliphatic hydroxyl groups excluding tert-OH is 1. The number of carbonyl (C=O) groups is 1. The van der Waals surface area contributed by atoms with Gasteiger partial charge in [-0.05, 0) is 36.8 Å². The van der Waals surface area contributed by atoms with Crippen molar-refractivity contribution >= 4 is 11.7 Å². The molecular weight excluding hydrogens is 244 g/mol. The van der Waals surface area contributed by atoms with E-state index in [1.165, 1.54) is 0 Å². The van der Waals surface area contributed by atoms with Crippen molar-refractivity contribution in [3.63, 3.8) is 0 Å². The van der Waals surface area contributed by atoms with E-state index >= 15 is 0 Å². The maximum absolute atomic E-state index is 11.7. The topological polar surface area (TPSA) is 74.5 Å². The van der Waals surface area contributed by atoms with Gasteiger partial charge >= 0.3 is 6.03 Å².